The van der Waals surface area contributed by atoms with E-state index < -0.39 is 10.9 Å². The molecule has 2 fully saturated rings. The number of piperidine rings is 1. The summed E-state index contributed by atoms with van der Waals surface area (Å²) >= 11 is 0. The number of nitro benzene ring substituents is 1. The molecule has 3 rings (SSSR count). The molecule has 1 aliphatic carbocycles. The molecule has 0 bridgehead atoms. The standard InChI is InChI=1S/C19H25N3O5/c1-20-16-9-8-14(22(25)26)11-15(16)19(24)27-12-18(23)21-10-4-6-13-5-2-3-7-17(13)21/h8-9,11,13,17,20H,2-7,10,12H2,1H3/t13-,17+/m0/s1. The number of ether oxygens (including phenoxy) is 1. The summed E-state index contributed by atoms with van der Waals surface area (Å²) in [6.45, 7) is 0.365. The third-order valence-electron chi connectivity index (χ3n) is 5.59. The highest BCUT2D eigenvalue weighted by Crippen LogP contribution is 2.35. The fourth-order valence-electron chi connectivity index (χ4n) is 4.26. The fourth-order valence-corrected chi connectivity index (χ4v) is 4.26. The SMILES string of the molecule is CNc1ccc([N+](=O)[O-])cc1C(=O)OCC(=O)N1CCC[C@@H]2CCCC[C@H]21. The van der Waals surface area contributed by atoms with Crippen LogP contribution in [0.5, 0.6) is 0 Å². The maximum Gasteiger partial charge on any atom is 0.341 e. The number of hydrogen-bond donors (Lipinski definition) is 1. The van der Waals surface area contributed by atoms with Crippen molar-refractivity contribution in [1.29, 1.82) is 0 Å². The van der Waals surface area contributed by atoms with Crippen molar-refractivity contribution in [2.45, 2.75) is 44.6 Å². The van der Waals surface area contributed by atoms with Crippen molar-refractivity contribution in [2.24, 2.45) is 5.92 Å². The molecule has 1 aromatic carbocycles. The molecule has 1 heterocycles. The number of non-ortho nitro benzene ring substituents is 1. The minimum atomic E-state index is -0.742. The van der Waals surface area contributed by atoms with Gasteiger partial charge in [0, 0.05) is 37.5 Å². The average Bonchev–Trinajstić information content (AvgIpc) is 2.70. The van der Waals surface area contributed by atoms with Crippen LogP contribution in [-0.2, 0) is 9.53 Å². The fraction of sp³-hybridized carbons (Fsp3) is 0.579. The van der Waals surface area contributed by atoms with Crippen LogP contribution < -0.4 is 5.32 Å². The molecule has 0 unspecified atom stereocenters. The Hall–Kier alpha value is -2.64. The predicted molar refractivity (Wildman–Crippen MR) is 99.6 cm³/mol. The Balaban J connectivity index is 1.65. The van der Waals surface area contributed by atoms with E-state index in [0.717, 1.165) is 38.2 Å². The number of hydrogen-bond acceptors (Lipinski definition) is 6. The van der Waals surface area contributed by atoms with Crippen LogP contribution in [0, 0.1) is 16.0 Å². The zero-order valence-corrected chi connectivity index (χ0v) is 15.5. The summed E-state index contributed by atoms with van der Waals surface area (Å²) in [4.78, 5) is 37.3. The van der Waals surface area contributed by atoms with E-state index in [4.69, 9.17) is 4.74 Å². The average molecular weight is 375 g/mol. The van der Waals surface area contributed by atoms with E-state index in [1.54, 1.807) is 7.05 Å². The monoisotopic (exact) mass is 375 g/mol. The zero-order chi connectivity index (χ0) is 19.4. The number of fused-ring (bicyclic) bond motifs is 1. The van der Waals surface area contributed by atoms with Crippen molar-refractivity contribution < 1.29 is 19.2 Å². The number of likely N-dealkylation sites (tertiary alicyclic amines) is 1. The Kier molecular flexibility index (Phi) is 5.93. The van der Waals surface area contributed by atoms with Crippen LogP contribution >= 0.6 is 0 Å². The summed E-state index contributed by atoms with van der Waals surface area (Å²) in [5.41, 5.74) is 0.269. The molecule has 8 heteroatoms. The Morgan fingerprint density at radius 3 is 2.74 bits per heavy atom. The van der Waals surface area contributed by atoms with Crippen LogP contribution in [-0.4, -0.2) is 47.9 Å². The minimum Gasteiger partial charge on any atom is -0.452 e. The molecule has 27 heavy (non-hydrogen) atoms. The Morgan fingerprint density at radius 1 is 1.26 bits per heavy atom. The number of nitrogens with one attached hydrogen (secondary N) is 1. The molecular weight excluding hydrogens is 350 g/mol. The maximum absolute atomic E-state index is 12.6. The first-order valence-corrected chi connectivity index (χ1v) is 9.44. The molecule has 8 nitrogen and oxygen atoms in total. The Bertz CT molecular complexity index is 734. The normalized spacial score (nSPS) is 21.9. The smallest absolute Gasteiger partial charge is 0.341 e. The lowest BCUT2D eigenvalue weighted by atomic mass is 9.78. The molecule has 1 N–H and O–H groups in total. The van der Waals surface area contributed by atoms with Crippen molar-refractivity contribution in [3.63, 3.8) is 0 Å². The van der Waals surface area contributed by atoms with Crippen molar-refractivity contribution in [3.8, 4) is 0 Å². The number of nitrogens with zero attached hydrogens (tertiary/aromatic N) is 2. The number of nitro groups is 1. The van der Waals surface area contributed by atoms with Crippen molar-refractivity contribution in [3.05, 3.63) is 33.9 Å². The molecule has 1 amide bonds. The number of carbonyl (C=O) groups is 2. The summed E-state index contributed by atoms with van der Waals surface area (Å²) in [5, 5.41) is 13.8. The van der Waals surface area contributed by atoms with Gasteiger partial charge in [0.05, 0.1) is 10.5 Å². The molecular formula is C19H25N3O5. The quantitative estimate of drug-likeness (QED) is 0.482. The van der Waals surface area contributed by atoms with Crippen LogP contribution in [0.2, 0.25) is 0 Å². The van der Waals surface area contributed by atoms with Crippen LogP contribution in [0.15, 0.2) is 18.2 Å². The third-order valence-corrected chi connectivity index (χ3v) is 5.59. The lowest BCUT2D eigenvalue weighted by molar-refractivity contribution is -0.384. The first-order valence-electron chi connectivity index (χ1n) is 9.44. The molecule has 0 spiro atoms. The second-order valence-corrected chi connectivity index (χ2v) is 7.15. The van der Waals surface area contributed by atoms with Gasteiger partial charge in [-0.3, -0.25) is 14.9 Å². The maximum atomic E-state index is 12.6. The van der Waals surface area contributed by atoms with E-state index in [-0.39, 0.29) is 29.8 Å². The molecule has 1 aromatic rings. The highest BCUT2D eigenvalue weighted by atomic mass is 16.6. The van der Waals surface area contributed by atoms with E-state index in [2.05, 4.69) is 5.32 Å². The van der Waals surface area contributed by atoms with Gasteiger partial charge in [-0.05, 0) is 37.7 Å². The highest BCUT2D eigenvalue weighted by molar-refractivity contribution is 5.97. The molecule has 0 aromatic heterocycles. The van der Waals surface area contributed by atoms with E-state index >= 15 is 0 Å². The number of rotatable bonds is 5. The number of carbonyl (C=O) groups excluding carboxylic acids is 2. The van der Waals surface area contributed by atoms with Crippen molar-refractivity contribution in [2.75, 3.05) is 25.5 Å². The van der Waals surface area contributed by atoms with Crippen LogP contribution in [0.3, 0.4) is 0 Å². The first-order chi connectivity index (χ1) is 13.0. The van der Waals surface area contributed by atoms with Gasteiger partial charge in [-0.25, -0.2) is 4.79 Å². The summed E-state index contributed by atoms with van der Waals surface area (Å²) in [7, 11) is 1.61. The molecule has 1 saturated carbocycles. The van der Waals surface area contributed by atoms with Gasteiger partial charge in [0.15, 0.2) is 6.61 Å². The van der Waals surface area contributed by atoms with E-state index in [1.807, 2.05) is 4.90 Å². The van der Waals surface area contributed by atoms with Crippen molar-refractivity contribution >= 4 is 23.3 Å². The van der Waals surface area contributed by atoms with E-state index in [0.29, 0.717) is 18.2 Å². The van der Waals surface area contributed by atoms with Gasteiger partial charge in [-0.15, -0.1) is 0 Å². The van der Waals surface area contributed by atoms with Gasteiger partial charge in [0.2, 0.25) is 0 Å². The largest absolute Gasteiger partial charge is 0.452 e. The van der Waals surface area contributed by atoms with Crippen LogP contribution in [0.1, 0.15) is 48.9 Å². The van der Waals surface area contributed by atoms with Gasteiger partial charge in [0.25, 0.3) is 11.6 Å². The van der Waals surface area contributed by atoms with Crippen LogP contribution in [0.25, 0.3) is 0 Å². The first kappa shape index (κ1) is 19.1. The van der Waals surface area contributed by atoms with E-state index in [1.165, 1.54) is 18.6 Å². The molecule has 0 radical (unpaired) electrons. The second kappa shape index (κ2) is 8.37. The molecule has 2 aliphatic rings. The van der Waals surface area contributed by atoms with Gasteiger partial charge < -0.3 is 15.0 Å². The number of benzene rings is 1. The molecule has 2 atom stereocenters. The topological polar surface area (TPSA) is 102 Å². The summed E-state index contributed by atoms with van der Waals surface area (Å²) < 4.78 is 5.21. The van der Waals surface area contributed by atoms with Crippen LogP contribution in [0.4, 0.5) is 11.4 Å². The molecule has 1 aliphatic heterocycles. The third kappa shape index (κ3) is 4.20. The summed E-state index contributed by atoms with van der Waals surface area (Å²) in [6.07, 6.45) is 6.66. The predicted octanol–water partition coefficient (Wildman–Crippen LogP) is 2.97. The lowest BCUT2D eigenvalue weighted by Gasteiger charge is -2.44. The molecule has 1 saturated heterocycles. The second-order valence-electron chi connectivity index (χ2n) is 7.15. The molecule has 146 valence electrons. The minimum absolute atomic E-state index is 0.0497. The zero-order valence-electron chi connectivity index (χ0n) is 15.5. The highest BCUT2D eigenvalue weighted by Gasteiger charge is 2.35. The number of amides is 1. The van der Waals surface area contributed by atoms with Crippen molar-refractivity contribution in [1.82, 2.24) is 4.90 Å². The Morgan fingerprint density at radius 2 is 2.00 bits per heavy atom. The van der Waals surface area contributed by atoms with Gasteiger partial charge in [-0.2, -0.15) is 0 Å². The summed E-state index contributed by atoms with van der Waals surface area (Å²) in [5.74, 6) is -0.371. The van der Waals surface area contributed by atoms with Gasteiger partial charge in [-0.1, -0.05) is 12.8 Å². The Labute approximate surface area is 158 Å². The number of esters is 1. The number of anilines is 1. The lowest BCUT2D eigenvalue weighted by Crippen LogP contribution is -2.50. The summed E-state index contributed by atoms with van der Waals surface area (Å²) in [6, 6.07) is 4.18. The van der Waals surface area contributed by atoms with E-state index in [9.17, 15) is 19.7 Å². The van der Waals surface area contributed by atoms with Gasteiger partial charge >= 0.3 is 5.97 Å². The van der Waals surface area contributed by atoms with Gasteiger partial charge in [0.1, 0.15) is 0 Å².